The van der Waals surface area contributed by atoms with Gasteiger partial charge in [-0.15, -0.1) is 0 Å². The van der Waals surface area contributed by atoms with Crippen LogP contribution in [-0.2, 0) is 20.4 Å². The van der Waals surface area contributed by atoms with Gasteiger partial charge in [-0.3, -0.25) is 13.8 Å². The maximum Gasteiger partial charge on any atom is 0.248 e. The molecule has 6 heteroatoms. The van der Waals surface area contributed by atoms with Crippen molar-refractivity contribution in [2.24, 2.45) is 0 Å². The fourth-order valence-corrected chi connectivity index (χ4v) is 2.79. The van der Waals surface area contributed by atoms with E-state index in [9.17, 15) is 13.8 Å². The van der Waals surface area contributed by atoms with Crippen molar-refractivity contribution >= 4 is 22.6 Å². The van der Waals surface area contributed by atoms with E-state index in [1.165, 1.54) is 0 Å². The normalized spacial score (nSPS) is 25.4. The van der Waals surface area contributed by atoms with Crippen LogP contribution in [0.15, 0.2) is 30.3 Å². The Bertz CT molecular complexity index is 561. The Morgan fingerprint density at radius 1 is 1.29 bits per heavy atom. The molecule has 5 nitrogen and oxygen atoms in total. The Balaban J connectivity index is 2.35. The molecule has 4 atom stereocenters. The van der Waals surface area contributed by atoms with Crippen molar-refractivity contribution in [1.29, 1.82) is 0 Å². The number of benzene rings is 1. The number of nitrogens with one attached hydrogen (secondary N) is 1. The third-order valence-electron chi connectivity index (χ3n) is 3.71. The molecule has 114 valence electrons. The van der Waals surface area contributed by atoms with E-state index in [1.54, 1.807) is 18.1 Å². The van der Waals surface area contributed by atoms with Gasteiger partial charge in [0.15, 0.2) is 0 Å². The van der Waals surface area contributed by atoms with Crippen LogP contribution in [0.2, 0.25) is 0 Å². The van der Waals surface area contributed by atoms with Crippen LogP contribution in [0.4, 0.5) is 0 Å². The lowest BCUT2D eigenvalue weighted by Crippen LogP contribution is -2.59. The van der Waals surface area contributed by atoms with Gasteiger partial charge in [0.05, 0.1) is 0 Å². The number of hydrogen-bond donors (Lipinski definition) is 1. The predicted molar refractivity (Wildman–Crippen MR) is 82.0 cm³/mol. The average Bonchev–Trinajstić information content (AvgIpc) is 2.45. The number of piperazine rings is 1. The summed E-state index contributed by atoms with van der Waals surface area (Å²) < 4.78 is 11.6. The van der Waals surface area contributed by atoms with Gasteiger partial charge in [-0.1, -0.05) is 30.3 Å². The molecule has 2 rings (SSSR count). The molecular weight excluding hydrogens is 288 g/mol. The summed E-state index contributed by atoms with van der Waals surface area (Å²) in [5, 5.41) is 2.52. The predicted octanol–water partition coefficient (Wildman–Crippen LogP) is 0.842. The zero-order valence-electron chi connectivity index (χ0n) is 12.4. The van der Waals surface area contributed by atoms with E-state index >= 15 is 0 Å². The highest BCUT2D eigenvalue weighted by Gasteiger charge is 2.40. The fourth-order valence-electron chi connectivity index (χ4n) is 2.42. The molecule has 1 aliphatic rings. The van der Waals surface area contributed by atoms with E-state index in [4.69, 9.17) is 0 Å². The van der Waals surface area contributed by atoms with Crippen LogP contribution in [-0.4, -0.2) is 45.0 Å². The molecule has 21 heavy (non-hydrogen) atoms. The van der Waals surface area contributed by atoms with Crippen LogP contribution in [0.5, 0.6) is 0 Å². The summed E-state index contributed by atoms with van der Waals surface area (Å²) in [4.78, 5) is 26.3. The van der Waals surface area contributed by atoms with Gasteiger partial charge in [0.25, 0.3) is 0 Å². The fraction of sp³-hybridized carbons (Fsp3) is 0.467. The van der Waals surface area contributed by atoms with Crippen molar-refractivity contribution in [1.82, 2.24) is 10.2 Å². The van der Waals surface area contributed by atoms with Gasteiger partial charge >= 0.3 is 0 Å². The molecule has 0 radical (unpaired) electrons. The third kappa shape index (κ3) is 3.32. The Kier molecular flexibility index (Phi) is 4.77. The molecule has 1 aliphatic heterocycles. The summed E-state index contributed by atoms with van der Waals surface area (Å²) in [6.07, 6.45) is 1.61. The van der Waals surface area contributed by atoms with Crippen molar-refractivity contribution in [2.45, 2.75) is 31.2 Å². The highest BCUT2D eigenvalue weighted by molar-refractivity contribution is 7.84. The van der Waals surface area contributed by atoms with Crippen molar-refractivity contribution in [3.63, 3.8) is 0 Å². The highest BCUT2D eigenvalue weighted by Crippen LogP contribution is 2.26. The summed E-state index contributed by atoms with van der Waals surface area (Å²) in [7, 11) is -1.05. The van der Waals surface area contributed by atoms with Crippen LogP contribution in [0.1, 0.15) is 25.5 Å². The van der Waals surface area contributed by atoms with Crippen molar-refractivity contribution in [2.75, 3.05) is 12.8 Å². The molecule has 0 saturated carbocycles. The van der Waals surface area contributed by atoms with Crippen LogP contribution < -0.4 is 5.32 Å². The lowest BCUT2D eigenvalue weighted by atomic mass is 10.00. The molecule has 0 aliphatic carbocycles. The van der Waals surface area contributed by atoms with Gasteiger partial charge in [-0.2, -0.15) is 0 Å². The maximum absolute atomic E-state index is 12.4. The average molecular weight is 308 g/mol. The van der Waals surface area contributed by atoms with E-state index in [1.807, 2.05) is 37.3 Å². The third-order valence-corrected chi connectivity index (χ3v) is 4.99. The molecule has 0 bridgehead atoms. The molecule has 0 spiro atoms. The summed E-state index contributed by atoms with van der Waals surface area (Å²) in [6, 6.07) is 8.00. The first-order chi connectivity index (χ1) is 9.91. The zero-order valence-corrected chi connectivity index (χ0v) is 13.2. The van der Waals surface area contributed by atoms with Crippen LogP contribution in [0.25, 0.3) is 0 Å². The number of hydrogen-bond acceptors (Lipinski definition) is 3. The lowest BCUT2D eigenvalue weighted by Gasteiger charge is -2.39. The van der Waals surface area contributed by atoms with Gasteiger partial charge in [0.2, 0.25) is 11.8 Å². The van der Waals surface area contributed by atoms with Gasteiger partial charge in [-0.05, 0) is 19.4 Å². The molecule has 0 aromatic heterocycles. The van der Waals surface area contributed by atoms with Crippen LogP contribution >= 0.6 is 0 Å². The summed E-state index contributed by atoms with van der Waals surface area (Å²) in [5.74, 6) is -0.330. The molecule has 2 amide bonds. The van der Waals surface area contributed by atoms with Crippen molar-refractivity contribution < 1.29 is 13.8 Å². The molecule has 1 heterocycles. The van der Waals surface area contributed by atoms with Gasteiger partial charge in [0.1, 0.15) is 12.1 Å². The van der Waals surface area contributed by atoms with E-state index < -0.39 is 22.9 Å². The van der Waals surface area contributed by atoms with Gasteiger partial charge < -0.3 is 10.2 Å². The van der Waals surface area contributed by atoms with E-state index in [0.29, 0.717) is 6.54 Å². The summed E-state index contributed by atoms with van der Waals surface area (Å²) >= 11 is 0. The topological polar surface area (TPSA) is 66.5 Å². The molecule has 1 saturated heterocycles. The monoisotopic (exact) mass is 308 g/mol. The second-order valence-corrected chi connectivity index (χ2v) is 7.15. The Labute approximate surface area is 127 Å². The number of amides is 2. The number of carbonyl (C=O) groups is 2. The van der Waals surface area contributed by atoms with Gasteiger partial charge in [0, 0.05) is 28.9 Å². The standard InChI is InChI=1S/C15H20N2O3S/c1-10(21(3)20)9-17-13(12-7-5-4-6-8-12)14(18)16-11(2)15(17)19/h4-8,10-11,13H,9H2,1-3H3,(H,16,18). The van der Waals surface area contributed by atoms with Crippen LogP contribution in [0.3, 0.4) is 0 Å². The van der Waals surface area contributed by atoms with Crippen molar-refractivity contribution in [3.05, 3.63) is 35.9 Å². The van der Waals surface area contributed by atoms with E-state index in [2.05, 4.69) is 5.32 Å². The zero-order chi connectivity index (χ0) is 15.6. The summed E-state index contributed by atoms with van der Waals surface area (Å²) in [6.45, 7) is 3.80. The number of carbonyl (C=O) groups excluding carboxylic acids is 2. The van der Waals surface area contributed by atoms with Crippen molar-refractivity contribution in [3.8, 4) is 0 Å². The van der Waals surface area contributed by atoms with E-state index in [0.717, 1.165) is 5.56 Å². The Hall–Kier alpha value is -1.69. The SMILES string of the molecule is CC1NC(=O)C(c2ccccc2)N(CC(C)S(C)=O)C1=O. The van der Waals surface area contributed by atoms with Crippen LogP contribution in [0, 0.1) is 0 Å². The largest absolute Gasteiger partial charge is 0.342 e. The lowest BCUT2D eigenvalue weighted by molar-refractivity contribution is -0.149. The Morgan fingerprint density at radius 3 is 2.48 bits per heavy atom. The quantitative estimate of drug-likeness (QED) is 0.896. The molecule has 1 aromatic rings. The minimum atomic E-state index is -1.05. The minimum Gasteiger partial charge on any atom is -0.342 e. The molecule has 4 unspecified atom stereocenters. The first-order valence-corrected chi connectivity index (χ1v) is 8.52. The maximum atomic E-state index is 12.4. The summed E-state index contributed by atoms with van der Waals surface area (Å²) in [5.41, 5.74) is 0.768. The Morgan fingerprint density at radius 2 is 1.90 bits per heavy atom. The molecule has 1 aromatic carbocycles. The van der Waals surface area contributed by atoms with Gasteiger partial charge in [-0.25, -0.2) is 0 Å². The number of nitrogens with zero attached hydrogens (tertiary/aromatic N) is 1. The first kappa shape index (κ1) is 15.7. The second kappa shape index (κ2) is 6.39. The minimum absolute atomic E-state index is 0.138. The molecule has 1 N–H and O–H groups in total. The second-order valence-electron chi connectivity index (χ2n) is 5.34. The molecule has 1 fully saturated rings. The smallest absolute Gasteiger partial charge is 0.248 e. The first-order valence-electron chi connectivity index (χ1n) is 6.90. The highest BCUT2D eigenvalue weighted by atomic mass is 32.2. The molecular formula is C15H20N2O3S. The number of rotatable bonds is 4. The van der Waals surface area contributed by atoms with E-state index in [-0.39, 0.29) is 17.1 Å².